The molecule has 2 fully saturated rings. The van der Waals surface area contributed by atoms with Gasteiger partial charge in [0.15, 0.2) is 5.82 Å². The maximum Gasteiger partial charge on any atom is 0.238 e. The van der Waals surface area contributed by atoms with Crippen LogP contribution < -0.4 is 4.90 Å². The second-order valence-corrected chi connectivity index (χ2v) is 7.52. The van der Waals surface area contributed by atoms with Crippen molar-refractivity contribution >= 4 is 28.4 Å². The van der Waals surface area contributed by atoms with E-state index in [1.54, 1.807) is 10.7 Å². The molecular formula is C22H21N3O2. The molecule has 2 aliphatic rings. The number of amides is 2. The topological polar surface area (TPSA) is 55.2 Å². The number of anilines is 1. The number of imide groups is 1. The van der Waals surface area contributed by atoms with Crippen molar-refractivity contribution in [3.63, 3.8) is 0 Å². The molecule has 1 saturated heterocycles. The third-order valence-corrected chi connectivity index (χ3v) is 5.91. The number of aromatic nitrogens is 2. The summed E-state index contributed by atoms with van der Waals surface area (Å²) < 4.78 is 1.81. The van der Waals surface area contributed by atoms with E-state index >= 15 is 0 Å². The summed E-state index contributed by atoms with van der Waals surface area (Å²) >= 11 is 0. The van der Waals surface area contributed by atoms with Crippen molar-refractivity contribution in [2.24, 2.45) is 11.8 Å². The van der Waals surface area contributed by atoms with Gasteiger partial charge in [-0.2, -0.15) is 5.10 Å². The highest BCUT2D eigenvalue weighted by atomic mass is 16.2. The molecule has 0 unspecified atom stereocenters. The fourth-order valence-corrected chi connectivity index (χ4v) is 4.55. The van der Waals surface area contributed by atoms with E-state index in [1.807, 2.05) is 24.4 Å². The van der Waals surface area contributed by atoms with Crippen molar-refractivity contribution in [3.05, 3.63) is 60.3 Å². The zero-order chi connectivity index (χ0) is 18.4. The molecule has 2 amide bonds. The van der Waals surface area contributed by atoms with Crippen molar-refractivity contribution in [3.8, 4) is 0 Å². The fourth-order valence-electron chi connectivity index (χ4n) is 4.55. The number of nitrogens with zero attached hydrogens (tertiary/aromatic N) is 3. The Bertz CT molecular complexity index is 1010. The molecule has 3 aromatic rings. The van der Waals surface area contributed by atoms with Crippen molar-refractivity contribution in [1.29, 1.82) is 0 Å². The van der Waals surface area contributed by atoms with Crippen LogP contribution in [0.3, 0.4) is 0 Å². The second kappa shape index (κ2) is 6.34. The van der Waals surface area contributed by atoms with E-state index in [2.05, 4.69) is 29.4 Å². The molecule has 0 N–H and O–H groups in total. The Morgan fingerprint density at radius 2 is 1.59 bits per heavy atom. The van der Waals surface area contributed by atoms with Gasteiger partial charge in [-0.25, -0.2) is 4.90 Å². The van der Waals surface area contributed by atoms with Crippen molar-refractivity contribution in [2.45, 2.75) is 32.2 Å². The predicted molar refractivity (Wildman–Crippen MR) is 103 cm³/mol. The van der Waals surface area contributed by atoms with Crippen LogP contribution in [-0.2, 0) is 16.1 Å². The van der Waals surface area contributed by atoms with Gasteiger partial charge in [0.2, 0.25) is 11.8 Å². The van der Waals surface area contributed by atoms with Crippen molar-refractivity contribution in [1.82, 2.24) is 9.78 Å². The summed E-state index contributed by atoms with van der Waals surface area (Å²) in [5.41, 5.74) is 1.16. The summed E-state index contributed by atoms with van der Waals surface area (Å²) in [6.45, 7) is 0.602. The Kier molecular flexibility index (Phi) is 3.81. The second-order valence-electron chi connectivity index (χ2n) is 7.52. The normalized spacial score (nSPS) is 22.4. The molecule has 1 aliphatic carbocycles. The van der Waals surface area contributed by atoms with Gasteiger partial charge in [0.25, 0.3) is 0 Å². The first-order chi connectivity index (χ1) is 13.2. The summed E-state index contributed by atoms with van der Waals surface area (Å²) in [6, 6.07) is 16.3. The quantitative estimate of drug-likeness (QED) is 0.669. The highest BCUT2D eigenvalue weighted by molar-refractivity contribution is 6.21. The van der Waals surface area contributed by atoms with Gasteiger partial charge in [-0.3, -0.25) is 14.3 Å². The first kappa shape index (κ1) is 16.2. The van der Waals surface area contributed by atoms with Gasteiger partial charge in [0.1, 0.15) is 0 Å². The summed E-state index contributed by atoms with van der Waals surface area (Å²) in [4.78, 5) is 26.8. The summed E-state index contributed by atoms with van der Waals surface area (Å²) in [5, 5.41) is 6.94. The third kappa shape index (κ3) is 2.65. The zero-order valence-electron chi connectivity index (χ0n) is 15.0. The highest BCUT2D eigenvalue weighted by Gasteiger charge is 2.49. The van der Waals surface area contributed by atoms with E-state index in [9.17, 15) is 9.59 Å². The minimum atomic E-state index is -0.144. The van der Waals surface area contributed by atoms with Gasteiger partial charge in [-0.15, -0.1) is 0 Å². The zero-order valence-corrected chi connectivity index (χ0v) is 15.0. The van der Waals surface area contributed by atoms with E-state index in [4.69, 9.17) is 0 Å². The van der Waals surface area contributed by atoms with E-state index in [0.29, 0.717) is 12.4 Å². The molecule has 136 valence electrons. The number of hydrogen-bond acceptors (Lipinski definition) is 3. The van der Waals surface area contributed by atoms with Gasteiger partial charge in [0, 0.05) is 12.3 Å². The lowest BCUT2D eigenvalue weighted by Gasteiger charge is -2.19. The van der Waals surface area contributed by atoms with Crippen LogP contribution in [0.4, 0.5) is 5.82 Å². The molecule has 1 aromatic heterocycles. The predicted octanol–water partition coefficient (Wildman–Crippen LogP) is 3.76. The molecule has 0 bridgehead atoms. The molecule has 2 heterocycles. The molecule has 0 radical (unpaired) electrons. The highest BCUT2D eigenvalue weighted by Crippen LogP contribution is 2.39. The molecular weight excluding hydrogens is 338 g/mol. The minimum absolute atomic E-state index is 0.0693. The number of carbonyl (C=O) groups is 2. The molecule has 1 saturated carbocycles. The Morgan fingerprint density at radius 1 is 0.889 bits per heavy atom. The standard InChI is InChI=1S/C22H21N3O2/c26-21-18-10-3-4-11-19(18)22(27)25(21)20-12-13-24(23-20)14-16-8-5-7-15-6-1-2-9-17(15)16/h1-2,5-9,12-13,18-19H,3-4,10-11,14H2/t18-,19-/m1/s1. The van der Waals surface area contributed by atoms with Crippen LogP contribution in [-0.4, -0.2) is 21.6 Å². The first-order valence-electron chi connectivity index (χ1n) is 9.60. The van der Waals surface area contributed by atoms with Crippen LogP contribution in [0.2, 0.25) is 0 Å². The molecule has 1 aliphatic heterocycles. The van der Waals surface area contributed by atoms with Gasteiger partial charge >= 0.3 is 0 Å². The van der Waals surface area contributed by atoms with E-state index in [1.165, 1.54) is 15.7 Å². The molecule has 2 aromatic carbocycles. The summed E-state index contributed by atoms with van der Waals surface area (Å²) in [5.74, 6) is 0.0313. The molecule has 5 nitrogen and oxygen atoms in total. The lowest BCUT2D eigenvalue weighted by molar-refractivity contribution is -0.122. The molecule has 2 atom stereocenters. The Balaban J connectivity index is 1.43. The first-order valence-corrected chi connectivity index (χ1v) is 9.60. The Labute approximate surface area is 157 Å². The van der Waals surface area contributed by atoms with Gasteiger partial charge in [0.05, 0.1) is 18.4 Å². The number of fused-ring (bicyclic) bond motifs is 2. The van der Waals surface area contributed by atoms with E-state index < -0.39 is 0 Å². The maximum absolute atomic E-state index is 12.7. The monoisotopic (exact) mass is 359 g/mol. The summed E-state index contributed by atoms with van der Waals surface area (Å²) in [7, 11) is 0. The molecule has 5 rings (SSSR count). The number of hydrogen-bond donors (Lipinski definition) is 0. The number of benzene rings is 2. The third-order valence-electron chi connectivity index (χ3n) is 5.91. The van der Waals surface area contributed by atoms with Crippen LogP contribution >= 0.6 is 0 Å². The van der Waals surface area contributed by atoms with E-state index in [0.717, 1.165) is 31.2 Å². The molecule has 5 heteroatoms. The van der Waals surface area contributed by atoms with Crippen LogP contribution in [0.15, 0.2) is 54.7 Å². The van der Waals surface area contributed by atoms with Gasteiger partial charge in [-0.05, 0) is 29.2 Å². The average Bonchev–Trinajstić information content (AvgIpc) is 3.25. The SMILES string of the molecule is O=C1[C@@H]2CCCC[C@H]2C(=O)N1c1ccn(Cc2cccc3ccccc23)n1. The lowest BCUT2D eigenvalue weighted by Crippen LogP contribution is -2.31. The Hall–Kier alpha value is -2.95. The summed E-state index contributed by atoms with van der Waals surface area (Å²) in [6.07, 6.45) is 5.55. The van der Waals surface area contributed by atoms with Crippen LogP contribution in [0.25, 0.3) is 10.8 Å². The largest absolute Gasteiger partial charge is 0.274 e. The molecule has 27 heavy (non-hydrogen) atoms. The smallest absolute Gasteiger partial charge is 0.238 e. The van der Waals surface area contributed by atoms with Gasteiger partial charge in [-0.1, -0.05) is 55.3 Å². The van der Waals surface area contributed by atoms with Gasteiger partial charge < -0.3 is 0 Å². The lowest BCUT2D eigenvalue weighted by atomic mass is 9.81. The average molecular weight is 359 g/mol. The number of rotatable bonds is 3. The maximum atomic E-state index is 12.7. The fraction of sp³-hybridized carbons (Fsp3) is 0.318. The number of carbonyl (C=O) groups excluding carboxylic acids is 2. The van der Waals surface area contributed by atoms with E-state index in [-0.39, 0.29) is 23.7 Å². The minimum Gasteiger partial charge on any atom is -0.274 e. The van der Waals surface area contributed by atoms with Crippen LogP contribution in [0.1, 0.15) is 31.2 Å². The van der Waals surface area contributed by atoms with Crippen LogP contribution in [0, 0.1) is 11.8 Å². The molecule has 0 spiro atoms. The van der Waals surface area contributed by atoms with Crippen molar-refractivity contribution in [2.75, 3.05) is 4.90 Å². The Morgan fingerprint density at radius 3 is 2.37 bits per heavy atom. The van der Waals surface area contributed by atoms with Crippen LogP contribution in [0.5, 0.6) is 0 Å². The van der Waals surface area contributed by atoms with Crippen molar-refractivity contribution < 1.29 is 9.59 Å².